The molecule has 0 aliphatic carbocycles. The summed E-state index contributed by atoms with van der Waals surface area (Å²) in [6.45, 7) is 23.3. The van der Waals surface area contributed by atoms with Gasteiger partial charge in [-0.2, -0.15) is 4.68 Å². The molecule has 2 bridgehead atoms. The molecule has 6 atom stereocenters. The number of ether oxygens (including phenoxy) is 3. The lowest BCUT2D eigenvalue weighted by Gasteiger charge is -2.36. The summed E-state index contributed by atoms with van der Waals surface area (Å²) in [5.41, 5.74) is 9.81. The van der Waals surface area contributed by atoms with Crippen molar-refractivity contribution in [2.24, 2.45) is 5.41 Å². The second-order valence-corrected chi connectivity index (χ2v) is 19.9. The zero-order valence-electron chi connectivity index (χ0n) is 44.1. The van der Waals surface area contributed by atoms with Crippen LogP contribution in [-0.4, -0.2) is 143 Å². The summed E-state index contributed by atoms with van der Waals surface area (Å²) in [6, 6.07) is 12.6. The maximum Gasteiger partial charge on any atom is 0.305 e. The molecule has 0 saturated carbocycles. The van der Waals surface area contributed by atoms with E-state index in [-0.39, 0.29) is 112 Å². The molecule has 4 heterocycles. The molecule has 398 valence electrons. The molecule has 0 radical (unpaired) electrons. The van der Waals surface area contributed by atoms with Gasteiger partial charge in [0.2, 0.25) is 23.6 Å². The van der Waals surface area contributed by atoms with Gasteiger partial charge in [0.1, 0.15) is 18.2 Å². The molecule has 21 nitrogen and oxygen atoms in total. The Labute approximate surface area is 433 Å². The largest absolute Gasteiger partial charge is 0.467 e. The lowest BCUT2D eigenvalue weighted by atomic mass is 9.85. The van der Waals surface area contributed by atoms with Gasteiger partial charge in [0, 0.05) is 50.3 Å². The number of benzene rings is 2. The zero-order valence-corrected chi connectivity index (χ0v) is 44.1. The van der Waals surface area contributed by atoms with Crippen LogP contribution in [0.3, 0.4) is 0 Å². The van der Waals surface area contributed by atoms with Crippen LogP contribution < -0.4 is 37.1 Å². The average Bonchev–Trinajstić information content (AvgIpc) is 3.97. The lowest BCUT2D eigenvalue weighted by molar-refractivity contribution is -0.144. The van der Waals surface area contributed by atoms with Gasteiger partial charge in [0.05, 0.1) is 74.7 Å². The number of nitrogens with one attached hydrogen (secondary N) is 5. The van der Waals surface area contributed by atoms with E-state index in [0.29, 0.717) is 54.1 Å². The Hall–Kier alpha value is -6.99. The van der Waals surface area contributed by atoms with Crippen molar-refractivity contribution in [3.63, 3.8) is 0 Å². The van der Waals surface area contributed by atoms with Crippen molar-refractivity contribution in [3.05, 3.63) is 94.1 Å². The van der Waals surface area contributed by atoms with Crippen LogP contribution in [0.4, 0.5) is 11.6 Å². The summed E-state index contributed by atoms with van der Waals surface area (Å²) < 4.78 is 19.3. The zero-order chi connectivity index (χ0) is 53.7. The van der Waals surface area contributed by atoms with E-state index >= 15 is 0 Å². The number of likely N-dealkylation sites (tertiary alicyclic amines) is 1. The summed E-state index contributed by atoms with van der Waals surface area (Å²) in [5, 5.41) is 19.9. The molecule has 4 aromatic rings. The molecule has 6 rings (SSSR count). The molecule has 0 spiro atoms. The summed E-state index contributed by atoms with van der Waals surface area (Å²) in [5.74, 6) is -1.21. The predicted octanol–water partition coefficient (Wildman–Crippen LogP) is 4.01. The van der Waals surface area contributed by atoms with Crippen LogP contribution in [-0.2, 0) is 41.7 Å². The first-order chi connectivity index (χ1) is 35.3. The molecule has 21 heteroatoms. The third-order valence-corrected chi connectivity index (χ3v) is 13.3. The molecule has 5 amide bonds. The molecule has 2 aromatic heterocycles. The van der Waals surface area contributed by atoms with Crippen LogP contribution in [0, 0.1) is 18.9 Å². The molecule has 2 aliphatic heterocycles. The van der Waals surface area contributed by atoms with Gasteiger partial charge < -0.3 is 61.2 Å². The van der Waals surface area contributed by atoms with Crippen molar-refractivity contribution >= 4 is 41.2 Å². The first-order valence-electron chi connectivity index (χ1n) is 25.3. The van der Waals surface area contributed by atoms with Gasteiger partial charge in [-0.15, -0.1) is 0 Å². The standard InChI is InChI=1S/C53H73N13O8/c1-11-39(35-15-13-12-14-16-35)60-49(69)41-28-36(30-65(41)52(71)45(53(5,6)7)62-48(68)33(3)55-8)57-21-24-73-26-25-72-23-19-43(67)58-20-22-66-42-31-64(10)51(70)37-18-17-32(2)27-38(37)34(4)74-50-46(54)59-29-40(61-50)44(42)47(56-9)63-66/h12-18,27,29,33-34,36,39,41,45,55,57H,11,19-26,28,30-31H2,1-8,10H3,(H2,54,59)(H,58,67)(H,60,69)(H,62,68)/t33-,34+,36-,39+,41-,45+/m0/s1. The molecular weight excluding hydrogens is 947 g/mol. The van der Waals surface area contributed by atoms with Crippen LogP contribution >= 0.6 is 0 Å². The Morgan fingerprint density at radius 1 is 1.03 bits per heavy atom. The number of aryl methyl sites for hydroxylation is 1. The van der Waals surface area contributed by atoms with Crippen LogP contribution in [0.2, 0.25) is 0 Å². The quantitative estimate of drug-likeness (QED) is 0.0510. The Morgan fingerprint density at radius 3 is 2.45 bits per heavy atom. The third-order valence-electron chi connectivity index (χ3n) is 13.3. The second-order valence-electron chi connectivity index (χ2n) is 19.9. The summed E-state index contributed by atoms with van der Waals surface area (Å²) in [7, 11) is 3.35. The van der Waals surface area contributed by atoms with Crippen molar-refractivity contribution in [1.29, 1.82) is 0 Å². The smallest absolute Gasteiger partial charge is 0.305 e. The Bertz CT molecular complexity index is 2650. The number of rotatable bonds is 21. The normalized spacial score (nSPS) is 17.8. The van der Waals surface area contributed by atoms with Crippen molar-refractivity contribution < 1.29 is 38.2 Å². The Balaban J connectivity index is 0.977. The van der Waals surface area contributed by atoms with Crippen LogP contribution in [0.1, 0.15) is 106 Å². The number of carbonyl (C=O) groups is 5. The number of likely N-dealkylation sites (N-methyl/N-ethyl adjacent to an activating group) is 1. The fourth-order valence-electron chi connectivity index (χ4n) is 8.98. The molecule has 7 N–H and O–H groups in total. The topological polar surface area (TPSA) is 254 Å². The molecule has 0 unspecified atom stereocenters. The van der Waals surface area contributed by atoms with Crippen LogP contribution in [0.5, 0.6) is 5.88 Å². The SMILES string of the molecule is [C-]#[N+]c1nn(CCNC(=O)CCOCCOCCN[C@H]2C[C@@H](C(=O)N[C@H](CC)c3ccccc3)N(C(=O)[C@@H](NC(=O)[C@H](C)NC)C(C)(C)C)C2)c2c1-c1cnc(N)c(n1)O[C@H](C)c1cc(C)ccc1C(=O)N(C)C2. The van der Waals surface area contributed by atoms with E-state index in [4.69, 9.17) is 26.5 Å². The number of fused-ring (bicyclic) bond motifs is 5. The minimum absolute atomic E-state index is 0.0487. The van der Waals surface area contributed by atoms with Crippen molar-refractivity contribution in [1.82, 2.24) is 56.1 Å². The highest BCUT2D eigenvalue weighted by atomic mass is 16.5. The number of hydrogen-bond acceptors (Lipinski definition) is 14. The fraction of sp³-hybridized carbons (Fsp3) is 0.528. The second kappa shape index (κ2) is 25.8. The van der Waals surface area contributed by atoms with Gasteiger partial charge in [-0.3, -0.25) is 24.0 Å². The van der Waals surface area contributed by atoms with E-state index in [0.717, 1.165) is 11.1 Å². The first kappa shape index (κ1) is 56.3. The van der Waals surface area contributed by atoms with Crippen molar-refractivity contribution in [2.75, 3.05) is 65.9 Å². The van der Waals surface area contributed by atoms with Crippen molar-refractivity contribution in [3.8, 4) is 17.1 Å². The van der Waals surface area contributed by atoms with Gasteiger partial charge in [-0.05, 0) is 62.8 Å². The Morgan fingerprint density at radius 2 is 1.76 bits per heavy atom. The monoisotopic (exact) mass is 1020 g/mol. The maximum atomic E-state index is 14.4. The number of nitrogens with zero attached hydrogens (tertiary/aromatic N) is 7. The molecular formula is C53H73N13O8. The number of nitrogens with two attached hydrogens (primary N) is 1. The summed E-state index contributed by atoms with van der Waals surface area (Å²) >= 11 is 0. The summed E-state index contributed by atoms with van der Waals surface area (Å²) in [6.07, 6.45) is 1.99. The Kier molecular flexibility index (Phi) is 19.6. The minimum atomic E-state index is -0.871. The van der Waals surface area contributed by atoms with Gasteiger partial charge >= 0.3 is 5.82 Å². The average molecular weight is 1020 g/mol. The van der Waals surface area contributed by atoms with E-state index < -0.39 is 29.6 Å². The summed E-state index contributed by atoms with van der Waals surface area (Å²) in [4.78, 5) is 84.1. The van der Waals surface area contributed by atoms with Crippen molar-refractivity contribution in [2.45, 2.75) is 117 Å². The van der Waals surface area contributed by atoms with Gasteiger partial charge in [-0.1, -0.05) is 82.3 Å². The minimum Gasteiger partial charge on any atom is -0.467 e. The number of carbonyl (C=O) groups excluding carboxylic acids is 5. The van der Waals surface area contributed by atoms with E-state index in [9.17, 15) is 24.0 Å². The molecule has 1 saturated heterocycles. The first-order valence-corrected chi connectivity index (χ1v) is 25.3. The van der Waals surface area contributed by atoms with E-state index in [1.165, 1.54) is 6.20 Å². The van der Waals surface area contributed by atoms with Crippen LogP contribution in [0.25, 0.3) is 16.1 Å². The number of anilines is 1. The number of aromatic nitrogens is 4. The van der Waals surface area contributed by atoms with Gasteiger partial charge in [0.25, 0.3) is 11.8 Å². The lowest BCUT2D eigenvalue weighted by Crippen LogP contribution is -2.59. The molecule has 2 aliphatic rings. The maximum absolute atomic E-state index is 14.4. The number of amides is 5. The highest BCUT2D eigenvalue weighted by molar-refractivity contribution is 5.96. The fourth-order valence-corrected chi connectivity index (χ4v) is 8.98. The third kappa shape index (κ3) is 14.2. The van der Waals surface area contributed by atoms with Gasteiger partial charge in [0.15, 0.2) is 5.82 Å². The predicted molar refractivity (Wildman–Crippen MR) is 279 cm³/mol. The molecule has 1 fully saturated rings. The van der Waals surface area contributed by atoms with E-state index in [1.54, 1.807) is 41.6 Å². The molecule has 2 aromatic carbocycles. The molecule has 74 heavy (non-hydrogen) atoms. The number of hydrogen-bond donors (Lipinski definition) is 6. The van der Waals surface area contributed by atoms with Crippen LogP contribution in [0.15, 0.2) is 54.7 Å². The highest BCUT2D eigenvalue weighted by Crippen LogP contribution is 2.37. The van der Waals surface area contributed by atoms with E-state index in [1.807, 2.05) is 84.0 Å². The van der Waals surface area contributed by atoms with Gasteiger partial charge in [-0.25, -0.2) is 9.97 Å². The number of nitrogen functional groups attached to an aromatic ring is 1. The highest BCUT2D eigenvalue weighted by Gasteiger charge is 2.45. The van der Waals surface area contributed by atoms with E-state index in [2.05, 4.69) is 46.5 Å².